The summed E-state index contributed by atoms with van der Waals surface area (Å²) >= 11 is 6.65. The zero-order valence-electron chi connectivity index (χ0n) is 25.4. The lowest BCUT2D eigenvalue weighted by Gasteiger charge is -2.39. The maximum absolute atomic E-state index is 14.4. The van der Waals surface area contributed by atoms with Crippen molar-refractivity contribution >= 4 is 31.1 Å². The van der Waals surface area contributed by atoms with Crippen LogP contribution in [0.3, 0.4) is 0 Å². The van der Waals surface area contributed by atoms with Gasteiger partial charge in [0, 0.05) is 12.2 Å². The number of nitrogens with zero attached hydrogens (tertiary/aromatic N) is 3. The molecular weight excluding hydrogens is 593 g/mol. The highest BCUT2D eigenvalue weighted by molar-refractivity contribution is 6.74. The van der Waals surface area contributed by atoms with Crippen LogP contribution in [-0.4, -0.2) is 72.2 Å². The van der Waals surface area contributed by atoms with E-state index in [0.717, 1.165) is 19.3 Å². The molecule has 6 rings (SSSR count). The minimum Gasteiger partial charge on any atom is -0.508 e. The number of rotatable bonds is 8. The summed E-state index contributed by atoms with van der Waals surface area (Å²) in [5.41, 5.74) is 1.97. The highest BCUT2D eigenvalue weighted by Crippen LogP contribution is 2.41. The molecule has 5 atom stereocenters. The predicted octanol–water partition coefficient (Wildman–Crippen LogP) is 6.35. The van der Waals surface area contributed by atoms with Crippen LogP contribution in [0.2, 0.25) is 23.2 Å². The zero-order valence-corrected chi connectivity index (χ0v) is 27.2. The van der Waals surface area contributed by atoms with E-state index in [1.165, 1.54) is 18.2 Å². The summed E-state index contributed by atoms with van der Waals surface area (Å²) in [5.74, 6) is -0.548. The Morgan fingerprint density at radius 3 is 2.51 bits per heavy atom. The number of imidazole rings is 1. The van der Waals surface area contributed by atoms with Crippen molar-refractivity contribution in [3.63, 3.8) is 0 Å². The van der Waals surface area contributed by atoms with Crippen LogP contribution in [0.15, 0.2) is 24.3 Å². The van der Waals surface area contributed by atoms with Crippen LogP contribution in [0.5, 0.6) is 11.8 Å². The van der Waals surface area contributed by atoms with Gasteiger partial charge in [-0.3, -0.25) is 4.57 Å². The number of fused-ring (bicyclic) bond motifs is 2. The molecule has 0 radical (unpaired) electrons. The molecule has 3 aromatic rings. The van der Waals surface area contributed by atoms with Gasteiger partial charge >= 0.3 is 6.01 Å². The van der Waals surface area contributed by atoms with Gasteiger partial charge in [-0.1, -0.05) is 38.4 Å². The highest BCUT2D eigenvalue weighted by atomic mass is 35.5. The fourth-order valence-corrected chi connectivity index (χ4v) is 7.37. The number of ether oxygens (including phenoxy) is 4. The Morgan fingerprint density at radius 1 is 1.07 bits per heavy atom. The van der Waals surface area contributed by atoms with Gasteiger partial charge in [0.25, 0.3) is 0 Å². The van der Waals surface area contributed by atoms with Crippen molar-refractivity contribution in [3.05, 3.63) is 46.4 Å². The Labute approximate surface area is 257 Å². The third-order valence-electron chi connectivity index (χ3n) is 9.28. The van der Waals surface area contributed by atoms with Gasteiger partial charge in [-0.15, -0.1) is 0 Å². The lowest BCUT2D eigenvalue weighted by Crippen LogP contribution is -2.47. The molecule has 43 heavy (non-hydrogen) atoms. The van der Waals surface area contributed by atoms with E-state index in [4.69, 9.17) is 44.9 Å². The van der Waals surface area contributed by atoms with E-state index in [1.807, 2.05) is 4.57 Å². The molecule has 0 bridgehead atoms. The summed E-state index contributed by atoms with van der Waals surface area (Å²) in [5, 5.41) is 10.7. The summed E-state index contributed by atoms with van der Waals surface area (Å²) in [6.45, 7) is 12.6. The molecule has 3 aliphatic heterocycles. The molecule has 2 aromatic heterocycles. The number of hydrogen-bond donors (Lipinski definition) is 1. The van der Waals surface area contributed by atoms with E-state index in [-0.39, 0.29) is 53.4 Å². The van der Waals surface area contributed by atoms with Gasteiger partial charge in [0.1, 0.15) is 35.5 Å². The average molecular weight is 634 g/mol. The molecule has 12 heteroatoms. The standard InChI is InChI=1S/C31H41ClFN3O6Si/c1-31(2,3)43(4,5)42-25-17-40-27-24(16-39-28(25)27)41-30-35-22-15-19(32)21(13-12-18-20(33)9-8-10-23(18)37)34-29(22)36(30)26-11-6-7-14-38-26/h8-10,15,24-28,37H,6-7,11-14,16-17H2,1-5H3/t24-,25-,26?,27-,28-/m1/s1. The van der Waals surface area contributed by atoms with Crippen LogP contribution < -0.4 is 4.74 Å². The van der Waals surface area contributed by atoms with Crippen LogP contribution in [0.25, 0.3) is 11.2 Å². The average Bonchev–Trinajstić information content (AvgIpc) is 3.63. The lowest BCUT2D eigenvalue weighted by atomic mass is 10.1. The summed E-state index contributed by atoms with van der Waals surface area (Å²) in [7, 11) is -2.01. The van der Waals surface area contributed by atoms with Crippen LogP contribution in [0.4, 0.5) is 4.39 Å². The first-order valence-corrected chi connectivity index (χ1v) is 18.4. The lowest BCUT2D eigenvalue weighted by molar-refractivity contribution is -0.0406. The summed E-state index contributed by atoms with van der Waals surface area (Å²) in [4.78, 5) is 9.69. The molecule has 1 N–H and O–H groups in total. The monoisotopic (exact) mass is 633 g/mol. The van der Waals surface area contributed by atoms with Gasteiger partial charge in [-0.2, -0.15) is 4.98 Å². The van der Waals surface area contributed by atoms with Crippen molar-refractivity contribution in [1.29, 1.82) is 0 Å². The second-order valence-corrected chi connectivity index (χ2v) is 18.4. The topological polar surface area (TPSA) is 97.1 Å². The number of halogens is 2. The second-order valence-electron chi connectivity index (χ2n) is 13.3. The van der Waals surface area contributed by atoms with Gasteiger partial charge in [-0.05, 0) is 68.4 Å². The van der Waals surface area contributed by atoms with Crippen LogP contribution in [0, 0.1) is 5.82 Å². The predicted molar refractivity (Wildman–Crippen MR) is 163 cm³/mol. The molecule has 0 aliphatic carbocycles. The molecule has 1 unspecified atom stereocenters. The van der Waals surface area contributed by atoms with Crippen LogP contribution in [0.1, 0.15) is 57.5 Å². The molecule has 3 saturated heterocycles. The molecule has 3 aliphatic rings. The van der Waals surface area contributed by atoms with Gasteiger partial charge in [0.05, 0.1) is 30.0 Å². The maximum Gasteiger partial charge on any atom is 0.301 e. The largest absolute Gasteiger partial charge is 0.508 e. The SMILES string of the molecule is CC(C)(C)[Si](C)(C)O[C@@H]1CO[C@H]2[C@@H]1OC[C@H]2Oc1nc2cc(Cl)c(CCc3c(O)cccc3F)nc2n1C1CCCCO1. The number of benzene rings is 1. The number of aryl methyl sites for hydroxylation is 1. The first kappa shape index (κ1) is 30.7. The van der Waals surface area contributed by atoms with Gasteiger partial charge in [0.2, 0.25) is 0 Å². The summed E-state index contributed by atoms with van der Waals surface area (Å²) in [6, 6.07) is 6.42. The third kappa shape index (κ3) is 6.04. The molecule has 0 amide bonds. The first-order valence-electron chi connectivity index (χ1n) is 15.2. The number of hydrogen-bond acceptors (Lipinski definition) is 8. The van der Waals surface area contributed by atoms with Gasteiger partial charge in [0.15, 0.2) is 20.1 Å². The number of aromatic nitrogens is 3. The van der Waals surface area contributed by atoms with E-state index in [0.29, 0.717) is 54.1 Å². The van der Waals surface area contributed by atoms with Gasteiger partial charge in [-0.25, -0.2) is 9.37 Å². The minimum atomic E-state index is -2.01. The number of aromatic hydroxyl groups is 1. The number of phenolic OH excluding ortho intramolecular Hbond substituents is 1. The first-order chi connectivity index (χ1) is 20.4. The van der Waals surface area contributed by atoms with E-state index in [1.54, 1.807) is 6.07 Å². The van der Waals surface area contributed by atoms with Crippen LogP contribution in [-0.2, 0) is 31.5 Å². The normalized spacial score (nSPS) is 26.3. The van der Waals surface area contributed by atoms with Crippen molar-refractivity contribution < 1.29 is 32.9 Å². The van der Waals surface area contributed by atoms with Crippen LogP contribution >= 0.6 is 11.6 Å². The van der Waals surface area contributed by atoms with Crippen molar-refractivity contribution in [2.24, 2.45) is 0 Å². The Hall–Kier alpha value is -2.28. The molecule has 3 fully saturated rings. The molecular formula is C31H41ClFN3O6Si. The molecule has 0 saturated carbocycles. The third-order valence-corrected chi connectivity index (χ3v) is 14.1. The van der Waals surface area contributed by atoms with E-state index < -0.39 is 14.1 Å². The molecule has 5 heterocycles. The van der Waals surface area contributed by atoms with Crippen molar-refractivity contribution in [2.75, 3.05) is 19.8 Å². The fourth-order valence-electron chi connectivity index (χ4n) is 5.82. The second kappa shape index (κ2) is 11.9. The maximum atomic E-state index is 14.4. The molecule has 9 nitrogen and oxygen atoms in total. The Kier molecular flexibility index (Phi) is 8.51. The van der Waals surface area contributed by atoms with E-state index in [9.17, 15) is 9.50 Å². The van der Waals surface area contributed by atoms with Gasteiger partial charge < -0.3 is 28.5 Å². The molecule has 1 aromatic carbocycles. The van der Waals surface area contributed by atoms with E-state index in [2.05, 4.69) is 33.9 Å². The molecule has 0 spiro atoms. The Bertz CT molecular complexity index is 1450. The summed E-state index contributed by atoms with van der Waals surface area (Å²) < 4.78 is 48.1. The van der Waals surface area contributed by atoms with Crippen molar-refractivity contribution in [2.45, 2.75) is 102 Å². The fraction of sp³-hybridized carbons (Fsp3) is 0.613. The zero-order chi connectivity index (χ0) is 30.5. The Balaban J connectivity index is 1.26. The van der Waals surface area contributed by atoms with Crippen molar-refractivity contribution in [1.82, 2.24) is 14.5 Å². The summed E-state index contributed by atoms with van der Waals surface area (Å²) in [6.07, 6.45) is 2.04. The van der Waals surface area contributed by atoms with E-state index >= 15 is 0 Å². The highest BCUT2D eigenvalue weighted by Gasteiger charge is 2.52. The van der Waals surface area contributed by atoms with Crippen molar-refractivity contribution in [3.8, 4) is 11.8 Å². The minimum absolute atomic E-state index is 0.0766. The molecule has 234 valence electrons. The number of phenols is 1. The Morgan fingerprint density at radius 2 is 1.81 bits per heavy atom. The smallest absolute Gasteiger partial charge is 0.301 e. The quantitative estimate of drug-likeness (QED) is 0.287. The number of pyridine rings is 1.